The molecule has 2 rings (SSSR count). The smallest absolute Gasteiger partial charge is 0.212 e. The Morgan fingerprint density at radius 3 is 2.81 bits per heavy atom. The summed E-state index contributed by atoms with van der Waals surface area (Å²) in [4.78, 5) is 2.30. The number of benzene rings is 1. The van der Waals surface area contributed by atoms with Crippen LogP contribution in [0.15, 0.2) is 29.8 Å². The van der Waals surface area contributed by atoms with E-state index in [4.69, 9.17) is 18.0 Å². The standard InChI is InChI=1S/C10H10N4S2/c1-14(10-13-12-6-16-10)8-5-3-2-4-7(8)9(11)15/h2-6H,1H3,(H2,11,15). The molecule has 0 spiro atoms. The Balaban J connectivity index is 2.44. The Morgan fingerprint density at radius 1 is 1.44 bits per heavy atom. The lowest BCUT2D eigenvalue weighted by Crippen LogP contribution is -2.17. The van der Waals surface area contributed by atoms with Crippen LogP contribution in [0.2, 0.25) is 0 Å². The first-order valence-corrected chi connectivity index (χ1v) is 5.87. The van der Waals surface area contributed by atoms with Crippen molar-refractivity contribution in [2.45, 2.75) is 0 Å². The minimum Gasteiger partial charge on any atom is -0.389 e. The first kappa shape index (κ1) is 11.0. The fraction of sp³-hybridized carbons (Fsp3) is 0.100. The Labute approximate surface area is 103 Å². The molecular weight excluding hydrogens is 240 g/mol. The van der Waals surface area contributed by atoms with Gasteiger partial charge in [0.15, 0.2) is 0 Å². The highest BCUT2D eigenvalue weighted by Crippen LogP contribution is 2.27. The summed E-state index contributed by atoms with van der Waals surface area (Å²) >= 11 is 6.48. The van der Waals surface area contributed by atoms with Gasteiger partial charge in [-0.3, -0.25) is 0 Å². The van der Waals surface area contributed by atoms with Crippen molar-refractivity contribution >= 4 is 39.4 Å². The summed E-state index contributed by atoms with van der Waals surface area (Å²) in [5.41, 5.74) is 9.15. The average molecular weight is 250 g/mol. The first-order chi connectivity index (χ1) is 7.70. The molecule has 0 aliphatic heterocycles. The number of nitrogens with two attached hydrogens (primary N) is 1. The first-order valence-electron chi connectivity index (χ1n) is 4.59. The number of thiocarbonyl (C=S) groups is 1. The molecule has 0 unspecified atom stereocenters. The maximum absolute atomic E-state index is 5.68. The molecule has 16 heavy (non-hydrogen) atoms. The van der Waals surface area contributed by atoms with Gasteiger partial charge in [-0.05, 0) is 12.1 Å². The summed E-state index contributed by atoms with van der Waals surface area (Å²) in [6.45, 7) is 0. The summed E-state index contributed by atoms with van der Waals surface area (Å²) in [6, 6.07) is 7.70. The molecule has 0 amide bonds. The predicted molar refractivity (Wildman–Crippen MR) is 70.3 cm³/mol. The largest absolute Gasteiger partial charge is 0.389 e. The third-order valence-corrected chi connectivity index (χ3v) is 3.15. The number of nitrogens with zero attached hydrogens (tertiary/aromatic N) is 3. The van der Waals surface area contributed by atoms with Gasteiger partial charge in [-0.1, -0.05) is 35.7 Å². The number of para-hydroxylation sites is 1. The summed E-state index contributed by atoms with van der Waals surface area (Å²) in [5, 5.41) is 8.62. The molecule has 6 heteroatoms. The van der Waals surface area contributed by atoms with Crippen LogP contribution in [-0.4, -0.2) is 22.2 Å². The van der Waals surface area contributed by atoms with Crippen molar-refractivity contribution in [3.8, 4) is 0 Å². The van der Waals surface area contributed by atoms with E-state index in [0.717, 1.165) is 16.4 Å². The van der Waals surface area contributed by atoms with Crippen molar-refractivity contribution in [3.63, 3.8) is 0 Å². The molecular formula is C10H10N4S2. The zero-order valence-electron chi connectivity index (χ0n) is 8.62. The SMILES string of the molecule is CN(c1nncs1)c1ccccc1C(N)=S. The van der Waals surface area contributed by atoms with Gasteiger partial charge in [0.1, 0.15) is 10.5 Å². The van der Waals surface area contributed by atoms with Gasteiger partial charge >= 0.3 is 0 Å². The molecule has 0 saturated carbocycles. The van der Waals surface area contributed by atoms with E-state index in [1.807, 2.05) is 36.2 Å². The molecule has 2 aromatic rings. The quantitative estimate of drug-likeness (QED) is 0.844. The highest BCUT2D eigenvalue weighted by molar-refractivity contribution is 7.80. The van der Waals surface area contributed by atoms with Crippen molar-refractivity contribution in [3.05, 3.63) is 35.3 Å². The van der Waals surface area contributed by atoms with Crippen molar-refractivity contribution in [2.24, 2.45) is 5.73 Å². The molecule has 82 valence electrons. The minimum atomic E-state index is 0.381. The zero-order chi connectivity index (χ0) is 11.5. The lowest BCUT2D eigenvalue weighted by Gasteiger charge is -2.18. The summed E-state index contributed by atoms with van der Waals surface area (Å²) in [6.07, 6.45) is 0. The molecule has 0 fully saturated rings. The van der Waals surface area contributed by atoms with Crippen LogP contribution in [0.25, 0.3) is 0 Å². The maximum Gasteiger partial charge on any atom is 0.212 e. The van der Waals surface area contributed by atoms with Crippen LogP contribution >= 0.6 is 23.6 Å². The maximum atomic E-state index is 5.68. The normalized spacial score (nSPS) is 10.1. The summed E-state index contributed by atoms with van der Waals surface area (Å²) < 4.78 is 0. The van der Waals surface area contributed by atoms with Gasteiger partial charge in [0.25, 0.3) is 0 Å². The second-order valence-electron chi connectivity index (χ2n) is 3.16. The highest BCUT2D eigenvalue weighted by Gasteiger charge is 2.12. The monoisotopic (exact) mass is 250 g/mol. The van der Waals surface area contributed by atoms with Crippen LogP contribution in [0, 0.1) is 0 Å². The zero-order valence-corrected chi connectivity index (χ0v) is 10.3. The van der Waals surface area contributed by atoms with Gasteiger partial charge in [-0.15, -0.1) is 10.2 Å². The van der Waals surface area contributed by atoms with E-state index >= 15 is 0 Å². The van der Waals surface area contributed by atoms with E-state index in [2.05, 4.69) is 10.2 Å². The second kappa shape index (κ2) is 4.54. The molecule has 2 N–H and O–H groups in total. The van der Waals surface area contributed by atoms with Crippen LogP contribution in [0.4, 0.5) is 10.8 Å². The summed E-state index contributed by atoms with van der Waals surface area (Å²) in [5.74, 6) is 0. The molecule has 0 radical (unpaired) electrons. The molecule has 1 heterocycles. The number of anilines is 2. The fourth-order valence-corrected chi connectivity index (χ4v) is 2.10. The van der Waals surface area contributed by atoms with E-state index in [9.17, 15) is 0 Å². The van der Waals surface area contributed by atoms with Gasteiger partial charge in [0.2, 0.25) is 5.13 Å². The van der Waals surface area contributed by atoms with Gasteiger partial charge < -0.3 is 10.6 Å². The average Bonchev–Trinajstić information content (AvgIpc) is 2.81. The molecule has 0 bridgehead atoms. The van der Waals surface area contributed by atoms with E-state index < -0.39 is 0 Å². The van der Waals surface area contributed by atoms with E-state index in [1.54, 1.807) is 5.51 Å². The Kier molecular flexibility index (Phi) is 3.12. The van der Waals surface area contributed by atoms with Crippen LogP contribution < -0.4 is 10.6 Å². The highest BCUT2D eigenvalue weighted by atomic mass is 32.1. The van der Waals surface area contributed by atoms with Crippen LogP contribution in [0.5, 0.6) is 0 Å². The van der Waals surface area contributed by atoms with Crippen molar-refractivity contribution in [1.82, 2.24) is 10.2 Å². The van der Waals surface area contributed by atoms with Gasteiger partial charge in [-0.25, -0.2) is 0 Å². The van der Waals surface area contributed by atoms with Crippen LogP contribution in [0.3, 0.4) is 0 Å². The van der Waals surface area contributed by atoms with Crippen molar-refractivity contribution in [1.29, 1.82) is 0 Å². The Morgan fingerprint density at radius 2 is 2.19 bits per heavy atom. The van der Waals surface area contributed by atoms with Gasteiger partial charge in [0, 0.05) is 12.6 Å². The Hall–Kier alpha value is -1.53. The number of aromatic nitrogens is 2. The molecule has 0 aliphatic rings. The Bertz CT molecular complexity index is 495. The summed E-state index contributed by atoms with van der Waals surface area (Å²) in [7, 11) is 1.91. The lowest BCUT2D eigenvalue weighted by atomic mass is 10.1. The van der Waals surface area contributed by atoms with Crippen LogP contribution in [0.1, 0.15) is 5.56 Å². The molecule has 0 saturated heterocycles. The van der Waals surface area contributed by atoms with E-state index in [1.165, 1.54) is 11.3 Å². The molecule has 1 aromatic heterocycles. The second-order valence-corrected chi connectivity index (χ2v) is 4.41. The van der Waals surface area contributed by atoms with Gasteiger partial charge in [-0.2, -0.15) is 0 Å². The van der Waals surface area contributed by atoms with E-state index in [-0.39, 0.29) is 0 Å². The molecule has 4 nitrogen and oxygen atoms in total. The molecule has 1 aromatic carbocycles. The van der Waals surface area contributed by atoms with Gasteiger partial charge in [0.05, 0.1) is 5.69 Å². The topological polar surface area (TPSA) is 55.0 Å². The van der Waals surface area contributed by atoms with Crippen molar-refractivity contribution in [2.75, 3.05) is 11.9 Å². The van der Waals surface area contributed by atoms with Crippen molar-refractivity contribution < 1.29 is 0 Å². The molecule has 0 atom stereocenters. The number of rotatable bonds is 3. The third kappa shape index (κ3) is 2.02. The number of hydrogen-bond donors (Lipinski definition) is 1. The number of hydrogen-bond acceptors (Lipinski definition) is 5. The van der Waals surface area contributed by atoms with Crippen LogP contribution in [-0.2, 0) is 0 Å². The lowest BCUT2D eigenvalue weighted by molar-refractivity contribution is 1.04. The predicted octanol–water partition coefficient (Wildman–Crippen LogP) is 1.94. The minimum absolute atomic E-state index is 0.381. The fourth-order valence-electron chi connectivity index (χ4n) is 1.39. The van der Waals surface area contributed by atoms with E-state index in [0.29, 0.717) is 4.99 Å². The molecule has 0 aliphatic carbocycles. The third-order valence-electron chi connectivity index (χ3n) is 2.17.